The van der Waals surface area contributed by atoms with E-state index in [1.165, 1.54) is 4.91 Å². The first kappa shape index (κ1) is 9.87. The summed E-state index contributed by atoms with van der Waals surface area (Å²) in [5.41, 5.74) is 1.04. The molecule has 0 N–H and O–H groups in total. The lowest BCUT2D eigenvalue weighted by Gasteiger charge is -1.99. The largest absolute Gasteiger partial charge is 0.241 e. The molecule has 1 aliphatic heterocycles. The Balaban J connectivity index is 2.23. The van der Waals surface area contributed by atoms with Crippen LogP contribution in [0.4, 0.5) is 5.69 Å². The van der Waals surface area contributed by atoms with E-state index in [1.807, 2.05) is 30.3 Å². The second-order valence-corrected chi connectivity index (χ2v) is 4.69. The van der Waals surface area contributed by atoms with Crippen LogP contribution in [0.25, 0.3) is 0 Å². The van der Waals surface area contributed by atoms with Crippen molar-refractivity contribution in [1.29, 1.82) is 0 Å². The Labute approximate surface area is 92.7 Å². The van der Waals surface area contributed by atoms with Crippen LogP contribution < -0.4 is 0 Å². The molecule has 0 unspecified atom stereocenters. The summed E-state index contributed by atoms with van der Waals surface area (Å²) >= 11 is 3.58. The molecular weight excluding hydrogens is 210 g/mol. The van der Waals surface area contributed by atoms with Crippen molar-refractivity contribution < 1.29 is 0 Å². The molecule has 0 aromatic heterocycles. The fourth-order valence-electron chi connectivity index (χ4n) is 1.23. The number of para-hydroxylation sites is 1. The minimum absolute atomic E-state index is 1.04. The molecule has 1 nitrogen and oxygen atoms in total. The van der Waals surface area contributed by atoms with Gasteiger partial charge in [-0.05, 0) is 18.4 Å². The van der Waals surface area contributed by atoms with Crippen LogP contribution in [0.5, 0.6) is 0 Å². The van der Waals surface area contributed by atoms with E-state index in [2.05, 4.69) is 17.3 Å². The van der Waals surface area contributed by atoms with E-state index in [1.54, 1.807) is 23.5 Å². The first-order valence-corrected chi connectivity index (χ1v) is 6.62. The predicted octanol–water partition coefficient (Wildman–Crippen LogP) is 3.71. The van der Waals surface area contributed by atoms with Crippen LogP contribution in [-0.2, 0) is 0 Å². The molecule has 0 fully saturated rings. The third-order valence-corrected chi connectivity index (χ3v) is 3.75. The van der Waals surface area contributed by atoms with E-state index in [-0.39, 0.29) is 0 Å². The minimum atomic E-state index is 1.04. The average molecular weight is 221 g/mol. The lowest BCUT2D eigenvalue weighted by atomic mass is 10.3. The van der Waals surface area contributed by atoms with Crippen molar-refractivity contribution in [3.63, 3.8) is 0 Å². The zero-order valence-electron chi connectivity index (χ0n) is 7.93. The molecule has 1 aromatic rings. The molecule has 1 aliphatic rings. The van der Waals surface area contributed by atoms with Crippen LogP contribution in [0.15, 0.2) is 46.3 Å². The lowest BCUT2D eigenvalue weighted by Crippen LogP contribution is -1.86. The number of benzene rings is 1. The summed E-state index contributed by atoms with van der Waals surface area (Å²) in [6.07, 6.45) is 4.33. The van der Waals surface area contributed by atoms with E-state index in [0.717, 1.165) is 16.5 Å². The fourth-order valence-corrected chi connectivity index (χ4v) is 3.04. The van der Waals surface area contributed by atoms with Crippen LogP contribution in [-0.4, -0.2) is 17.1 Å². The Hall–Kier alpha value is -0.670. The van der Waals surface area contributed by atoms with Gasteiger partial charge in [0.05, 0.1) is 5.69 Å². The molecule has 1 heterocycles. The Morgan fingerprint density at radius 3 is 2.79 bits per heavy atom. The summed E-state index contributed by atoms with van der Waals surface area (Å²) in [7, 11) is 0. The summed E-state index contributed by atoms with van der Waals surface area (Å²) < 4.78 is 0. The van der Waals surface area contributed by atoms with Gasteiger partial charge in [0.1, 0.15) is 5.04 Å². The first-order chi connectivity index (χ1) is 6.90. The molecule has 14 heavy (non-hydrogen) atoms. The summed E-state index contributed by atoms with van der Waals surface area (Å²) in [6, 6.07) is 10.1. The van der Waals surface area contributed by atoms with Crippen molar-refractivity contribution in [3.05, 3.63) is 41.3 Å². The van der Waals surface area contributed by atoms with E-state index < -0.39 is 0 Å². The summed E-state index contributed by atoms with van der Waals surface area (Å²) in [5.74, 6) is 1.06. The van der Waals surface area contributed by atoms with Crippen LogP contribution in [0.1, 0.15) is 0 Å². The van der Waals surface area contributed by atoms with Gasteiger partial charge in [0.2, 0.25) is 0 Å². The highest BCUT2D eigenvalue weighted by Gasteiger charge is 2.12. The van der Waals surface area contributed by atoms with Gasteiger partial charge < -0.3 is 0 Å². The van der Waals surface area contributed by atoms with Crippen molar-refractivity contribution in [2.24, 2.45) is 4.99 Å². The molecule has 0 atom stereocenters. The fraction of sp³-hybridized carbons (Fsp3) is 0.182. The Morgan fingerprint density at radius 2 is 2.07 bits per heavy atom. The lowest BCUT2D eigenvalue weighted by molar-refractivity contribution is 1.54. The SMILES string of the molecule is CSC1=CCSC1=Nc1ccccc1. The second kappa shape index (κ2) is 4.71. The number of thioether (sulfide) groups is 2. The molecule has 3 heteroatoms. The molecule has 0 radical (unpaired) electrons. The van der Waals surface area contributed by atoms with Gasteiger partial charge in [0.25, 0.3) is 0 Å². The molecule has 0 saturated heterocycles. The van der Waals surface area contributed by atoms with Crippen molar-refractivity contribution in [1.82, 2.24) is 0 Å². The van der Waals surface area contributed by atoms with Crippen LogP contribution in [0.3, 0.4) is 0 Å². The normalized spacial score (nSPS) is 18.6. The highest BCUT2D eigenvalue weighted by molar-refractivity contribution is 8.18. The van der Waals surface area contributed by atoms with Crippen LogP contribution in [0, 0.1) is 0 Å². The van der Waals surface area contributed by atoms with Crippen molar-refractivity contribution in [3.8, 4) is 0 Å². The first-order valence-electron chi connectivity index (χ1n) is 4.41. The van der Waals surface area contributed by atoms with Crippen molar-refractivity contribution in [2.75, 3.05) is 12.0 Å². The smallest absolute Gasteiger partial charge is 0.110 e. The number of hydrogen-bond donors (Lipinski definition) is 0. The summed E-state index contributed by atoms with van der Waals surface area (Å²) in [5, 5.41) is 1.16. The maximum Gasteiger partial charge on any atom is 0.110 e. The van der Waals surface area contributed by atoms with Gasteiger partial charge in [-0.1, -0.05) is 24.3 Å². The molecule has 0 amide bonds. The number of hydrogen-bond acceptors (Lipinski definition) is 3. The highest BCUT2D eigenvalue weighted by Crippen LogP contribution is 2.30. The van der Waals surface area contributed by atoms with E-state index in [9.17, 15) is 0 Å². The van der Waals surface area contributed by atoms with E-state index >= 15 is 0 Å². The van der Waals surface area contributed by atoms with Crippen molar-refractivity contribution >= 4 is 34.3 Å². The third kappa shape index (κ3) is 2.22. The number of aliphatic imine (C=N–C) groups is 1. The summed E-state index contributed by atoms with van der Waals surface area (Å²) in [4.78, 5) is 5.91. The summed E-state index contributed by atoms with van der Waals surface area (Å²) in [6.45, 7) is 0. The van der Waals surface area contributed by atoms with Gasteiger partial charge in [0.15, 0.2) is 0 Å². The van der Waals surface area contributed by atoms with E-state index in [4.69, 9.17) is 0 Å². The maximum absolute atomic E-state index is 4.60. The average Bonchev–Trinajstić information content (AvgIpc) is 2.67. The number of nitrogens with zero attached hydrogens (tertiary/aromatic N) is 1. The zero-order valence-corrected chi connectivity index (χ0v) is 9.57. The number of rotatable bonds is 2. The molecule has 72 valence electrons. The molecule has 0 spiro atoms. The minimum Gasteiger partial charge on any atom is -0.241 e. The predicted molar refractivity (Wildman–Crippen MR) is 67.6 cm³/mol. The molecule has 1 aromatic carbocycles. The Morgan fingerprint density at radius 1 is 1.29 bits per heavy atom. The molecular formula is C11H11NS2. The van der Waals surface area contributed by atoms with Crippen molar-refractivity contribution in [2.45, 2.75) is 0 Å². The molecule has 0 bridgehead atoms. The molecule has 0 aliphatic carbocycles. The van der Waals surface area contributed by atoms with Gasteiger partial charge >= 0.3 is 0 Å². The monoisotopic (exact) mass is 221 g/mol. The maximum atomic E-state index is 4.60. The highest BCUT2D eigenvalue weighted by atomic mass is 32.2. The topological polar surface area (TPSA) is 12.4 Å². The molecule has 0 saturated carbocycles. The quantitative estimate of drug-likeness (QED) is 0.754. The van der Waals surface area contributed by atoms with Crippen LogP contribution >= 0.6 is 23.5 Å². The molecule has 2 rings (SSSR count). The zero-order chi connectivity index (χ0) is 9.80. The Kier molecular flexibility index (Phi) is 3.32. The second-order valence-electron chi connectivity index (χ2n) is 2.84. The third-order valence-electron chi connectivity index (χ3n) is 1.91. The van der Waals surface area contributed by atoms with E-state index in [0.29, 0.717) is 0 Å². The van der Waals surface area contributed by atoms with Gasteiger partial charge in [-0.3, -0.25) is 0 Å². The van der Waals surface area contributed by atoms with Gasteiger partial charge in [0, 0.05) is 10.7 Å². The Bertz CT molecular complexity index is 368. The van der Waals surface area contributed by atoms with Gasteiger partial charge in [-0.25, -0.2) is 4.99 Å². The van der Waals surface area contributed by atoms with Crippen LogP contribution in [0.2, 0.25) is 0 Å². The van der Waals surface area contributed by atoms with Gasteiger partial charge in [-0.15, -0.1) is 23.5 Å². The standard InChI is InChI=1S/C11H11NS2/c1-13-10-7-8-14-11(10)12-9-5-3-2-4-6-9/h2-7H,8H2,1H3. The van der Waals surface area contributed by atoms with Gasteiger partial charge in [-0.2, -0.15) is 0 Å².